The highest BCUT2D eigenvalue weighted by atomic mass is 16.5. The smallest absolute Gasteiger partial charge is 0.343 e. The number of ether oxygens (including phenoxy) is 1. The first kappa shape index (κ1) is 16.4. The minimum absolute atomic E-state index is 0.00334. The van der Waals surface area contributed by atoms with E-state index >= 15 is 0 Å². The number of carbonyl (C=O) groups excluding carboxylic acids is 1. The third-order valence-corrected chi connectivity index (χ3v) is 3.57. The van der Waals surface area contributed by atoms with E-state index in [1.165, 1.54) is 12.4 Å². The van der Waals surface area contributed by atoms with Crippen molar-refractivity contribution in [2.45, 2.75) is 13.5 Å². The zero-order valence-corrected chi connectivity index (χ0v) is 13.5. The van der Waals surface area contributed by atoms with E-state index in [2.05, 4.69) is 15.3 Å². The second kappa shape index (κ2) is 7.00. The van der Waals surface area contributed by atoms with Crippen LogP contribution in [0.15, 0.2) is 47.5 Å². The normalized spacial score (nSPS) is 10.6. The highest BCUT2D eigenvalue weighted by Crippen LogP contribution is 2.19. The van der Waals surface area contributed by atoms with E-state index in [1.807, 2.05) is 30.3 Å². The van der Waals surface area contributed by atoms with Crippen LogP contribution in [0, 0.1) is 0 Å². The average molecular weight is 340 g/mol. The standard InChI is InChI=1S/C17H16N4O4/c1-2-25-17(23)13-8-12-14(18-9-11-6-4-3-5-7-11)19-10-20-15(12)21(24)16(13)22/h3-8,10,24H,2,9H2,1H3,(H,18,19,20). The molecule has 8 heteroatoms. The molecule has 0 amide bonds. The number of rotatable bonds is 5. The molecule has 2 aromatic heterocycles. The molecule has 8 nitrogen and oxygen atoms in total. The van der Waals surface area contributed by atoms with E-state index in [1.54, 1.807) is 6.92 Å². The Labute approximate surface area is 142 Å². The maximum Gasteiger partial charge on any atom is 0.343 e. The van der Waals surface area contributed by atoms with Crippen LogP contribution in [0.3, 0.4) is 0 Å². The molecule has 0 atom stereocenters. The number of nitrogens with one attached hydrogen (secondary N) is 1. The van der Waals surface area contributed by atoms with Crippen molar-refractivity contribution in [2.24, 2.45) is 0 Å². The van der Waals surface area contributed by atoms with Gasteiger partial charge in [0.15, 0.2) is 5.65 Å². The Kier molecular flexibility index (Phi) is 4.60. The molecule has 0 aliphatic carbocycles. The maximum atomic E-state index is 12.1. The lowest BCUT2D eigenvalue weighted by atomic mass is 10.2. The first-order valence-corrected chi connectivity index (χ1v) is 7.66. The summed E-state index contributed by atoms with van der Waals surface area (Å²) in [5.74, 6) is -0.419. The summed E-state index contributed by atoms with van der Waals surface area (Å²) in [6.07, 6.45) is 1.23. The van der Waals surface area contributed by atoms with Gasteiger partial charge in [-0.15, -0.1) is 4.73 Å². The van der Waals surface area contributed by atoms with Crippen molar-refractivity contribution < 1.29 is 14.7 Å². The van der Waals surface area contributed by atoms with Gasteiger partial charge in [-0.25, -0.2) is 14.8 Å². The number of hydrogen-bond donors (Lipinski definition) is 2. The largest absolute Gasteiger partial charge is 0.462 e. The number of aromatic nitrogens is 3. The lowest BCUT2D eigenvalue weighted by Crippen LogP contribution is -2.27. The van der Waals surface area contributed by atoms with Gasteiger partial charge in [-0.2, -0.15) is 0 Å². The van der Waals surface area contributed by atoms with Crippen LogP contribution in [0.5, 0.6) is 0 Å². The Hall–Kier alpha value is -3.42. The van der Waals surface area contributed by atoms with Gasteiger partial charge in [-0.3, -0.25) is 4.79 Å². The molecule has 3 rings (SSSR count). The molecule has 0 aliphatic heterocycles. The molecule has 0 aliphatic rings. The zero-order valence-electron chi connectivity index (χ0n) is 13.5. The SMILES string of the molecule is CCOC(=O)c1cc2c(NCc3ccccc3)ncnc2n(O)c1=O. The molecular formula is C17H16N4O4. The number of nitrogens with zero attached hydrogens (tertiary/aromatic N) is 3. The van der Waals surface area contributed by atoms with E-state index in [4.69, 9.17) is 4.74 Å². The van der Waals surface area contributed by atoms with E-state index in [-0.39, 0.29) is 17.8 Å². The van der Waals surface area contributed by atoms with Crippen molar-refractivity contribution in [3.63, 3.8) is 0 Å². The van der Waals surface area contributed by atoms with Crippen LogP contribution < -0.4 is 10.9 Å². The summed E-state index contributed by atoms with van der Waals surface area (Å²) in [6, 6.07) is 11.0. The molecule has 0 saturated heterocycles. The Bertz CT molecular complexity index is 970. The Morgan fingerprint density at radius 3 is 2.76 bits per heavy atom. The fourth-order valence-corrected chi connectivity index (χ4v) is 2.38. The summed E-state index contributed by atoms with van der Waals surface area (Å²) in [5.41, 5.74) is -0.145. The second-order valence-corrected chi connectivity index (χ2v) is 5.19. The minimum atomic E-state index is -0.890. The fraction of sp³-hybridized carbons (Fsp3) is 0.176. The zero-order chi connectivity index (χ0) is 17.8. The number of esters is 1. The van der Waals surface area contributed by atoms with Crippen LogP contribution in [-0.4, -0.2) is 32.5 Å². The Morgan fingerprint density at radius 1 is 1.28 bits per heavy atom. The first-order chi connectivity index (χ1) is 12.1. The molecule has 0 saturated carbocycles. The fourth-order valence-electron chi connectivity index (χ4n) is 2.38. The Morgan fingerprint density at radius 2 is 2.04 bits per heavy atom. The minimum Gasteiger partial charge on any atom is -0.462 e. The van der Waals surface area contributed by atoms with Crippen LogP contribution in [0.25, 0.3) is 11.0 Å². The monoisotopic (exact) mass is 340 g/mol. The van der Waals surface area contributed by atoms with Crippen molar-refractivity contribution in [1.29, 1.82) is 0 Å². The average Bonchev–Trinajstić information content (AvgIpc) is 2.64. The van der Waals surface area contributed by atoms with Crippen LogP contribution in [0.1, 0.15) is 22.8 Å². The molecule has 3 aromatic rings. The molecule has 2 heterocycles. The van der Waals surface area contributed by atoms with Crippen molar-refractivity contribution >= 4 is 22.8 Å². The number of hydrogen-bond acceptors (Lipinski definition) is 7. The van der Waals surface area contributed by atoms with Crippen LogP contribution >= 0.6 is 0 Å². The van der Waals surface area contributed by atoms with Crippen molar-refractivity contribution in [2.75, 3.05) is 11.9 Å². The first-order valence-electron chi connectivity index (χ1n) is 7.66. The van der Waals surface area contributed by atoms with Crippen molar-refractivity contribution in [1.82, 2.24) is 14.7 Å². The van der Waals surface area contributed by atoms with E-state index in [0.717, 1.165) is 5.56 Å². The van der Waals surface area contributed by atoms with Gasteiger partial charge in [0, 0.05) is 6.54 Å². The third-order valence-electron chi connectivity index (χ3n) is 3.57. The molecule has 2 N–H and O–H groups in total. The number of benzene rings is 1. The molecule has 128 valence electrons. The molecule has 25 heavy (non-hydrogen) atoms. The van der Waals surface area contributed by atoms with Gasteiger partial charge in [0.25, 0.3) is 5.56 Å². The summed E-state index contributed by atoms with van der Waals surface area (Å²) < 4.78 is 5.19. The van der Waals surface area contributed by atoms with Gasteiger partial charge < -0.3 is 15.3 Å². The van der Waals surface area contributed by atoms with Gasteiger partial charge >= 0.3 is 5.97 Å². The van der Waals surface area contributed by atoms with Crippen molar-refractivity contribution in [3.8, 4) is 0 Å². The van der Waals surface area contributed by atoms with Crippen LogP contribution in [-0.2, 0) is 11.3 Å². The summed E-state index contributed by atoms with van der Waals surface area (Å²) in [5, 5.41) is 13.5. The number of carbonyl (C=O) groups is 1. The summed E-state index contributed by atoms with van der Waals surface area (Å²) in [6.45, 7) is 2.23. The maximum absolute atomic E-state index is 12.1. The molecule has 0 bridgehead atoms. The highest BCUT2D eigenvalue weighted by molar-refractivity contribution is 5.96. The van der Waals surface area contributed by atoms with Gasteiger partial charge in [-0.05, 0) is 18.6 Å². The van der Waals surface area contributed by atoms with Gasteiger partial charge in [-0.1, -0.05) is 30.3 Å². The van der Waals surface area contributed by atoms with Gasteiger partial charge in [0.2, 0.25) is 0 Å². The Balaban J connectivity index is 2.04. The molecule has 0 radical (unpaired) electrons. The predicted octanol–water partition coefficient (Wildman–Crippen LogP) is 1.82. The summed E-state index contributed by atoms with van der Waals surface area (Å²) >= 11 is 0. The quantitative estimate of drug-likeness (QED) is 0.539. The van der Waals surface area contributed by atoms with E-state index < -0.39 is 11.5 Å². The van der Waals surface area contributed by atoms with Gasteiger partial charge in [0.1, 0.15) is 17.7 Å². The van der Waals surface area contributed by atoms with Crippen molar-refractivity contribution in [3.05, 3.63) is 64.2 Å². The molecular weight excluding hydrogens is 324 g/mol. The lowest BCUT2D eigenvalue weighted by Gasteiger charge is -2.11. The number of pyridine rings is 1. The van der Waals surface area contributed by atoms with Gasteiger partial charge in [0.05, 0.1) is 12.0 Å². The molecule has 0 spiro atoms. The number of fused-ring (bicyclic) bond motifs is 1. The summed E-state index contributed by atoms with van der Waals surface area (Å²) in [7, 11) is 0. The summed E-state index contributed by atoms with van der Waals surface area (Å²) in [4.78, 5) is 32.1. The van der Waals surface area contributed by atoms with E-state index in [9.17, 15) is 14.8 Å². The predicted molar refractivity (Wildman–Crippen MR) is 90.7 cm³/mol. The second-order valence-electron chi connectivity index (χ2n) is 5.19. The molecule has 0 fully saturated rings. The van der Waals surface area contributed by atoms with Crippen LogP contribution in [0.2, 0.25) is 0 Å². The lowest BCUT2D eigenvalue weighted by molar-refractivity contribution is 0.0519. The highest BCUT2D eigenvalue weighted by Gasteiger charge is 2.19. The van der Waals surface area contributed by atoms with E-state index in [0.29, 0.717) is 22.5 Å². The molecule has 0 unspecified atom stereocenters. The van der Waals surface area contributed by atoms with Crippen LogP contribution in [0.4, 0.5) is 5.82 Å². The third kappa shape index (κ3) is 3.27. The topological polar surface area (TPSA) is 106 Å². The number of anilines is 1. The molecule has 1 aromatic carbocycles.